The number of benzene rings is 2. The van der Waals surface area contributed by atoms with Crippen LogP contribution in [0.1, 0.15) is 24.2 Å². The molecule has 0 unspecified atom stereocenters. The highest BCUT2D eigenvalue weighted by Crippen LogP contribution is 2.20. The first-order valence-corrected chi connectivity index (χ1v) is 7.48. The van der Waals surface area contributed by atoms with Crippen LogP contribution in [0.3, 0.4) is 0 Å². The molecular weight excluding hydrogens is 272 g/mol. The predicted molar refractivity (Wildman–Crippen MR) is 88.1 cm³/mol. The van der Waals surface area contributed by atoms with Crippen molar-refractivity contribution in [2.75, 3.05) is 0 Å². The number of aromatic nitrogens is 3. The fourth-order valence-electron chi connectivity index (χ4n) is 2.50. The molecule has 22 heavy (non-hydrogen) atoms. The van der Waals surface area contributed by atoms with Gasteiger partial charge in [-0.15, -0.1) is 0 Å². The largest absolute Gasteiger partial charge is 0.304 e. The van der Waals surface area contributed by atoms with Crippen molar-refractivity contribution in [1.29, 1.82) is 0 Å². The molecule has 1 atom stereocenters. The molecule has 112 valence electrons. The van der Waals surface area contributed by atoms with Crippen LogP contribution >= 0.6 is 0 Å². The molecule has 3 aromatic rings. The summed E-state index contributed by atoms with van der Waals surface area (Å²) in [5, 5.41) is 12.5. The van der Waals surface area contributed by atoms with Crippen molar-refractivity contribution in [3.8, 4) is 11.3 Å². The van der Waals surface area contributed by atoms with Crippen LogP contribution in [-0.2, 0) is 13.6 Å². The number of hydrogen-bond acceptors (Lipinski definition) is 3. The van der Waals surface area contributed by atoms with Crippen LogP contribution in [0.25, 0.3) is 11.3 Å². The Balaban J connectivity index is 1.76. The molecule has 0 saturated carbocycles. The Morgan fingerprint density at radius 1 is 0.955 bits per heavy atom. The number of nitrogens with zero attached hydrogens (tertiary/aromatic N) is 3. The number of hydrogen-bond donors (Lipinski definition) is 1. The van der Waals surface area contributed by atoms with Crippen molar-refractivity contribution >= 4 is 0 Å². The second kappa shape index (κ2) is 6.54. The monoisotopic (exact) mass is 292 g/mol. The Kier molecular flexibility index (Phi) is 4.30. The number of aryl methyl sites for hydroxylation is 1. The third kappa shape index (κ3) is 3.23. The third-order valence-corrected chi connectivity index (χ3v) is 3.71. The zero-order chi connectivity index (χ0) is 15.4. The fraction of sp³-hybridized carbons (Fsp3) is 0.222. The van der Waals surface area contributed by atoms with Gasteiger partial charge in [0.25, 0.3) is 0 Å². The van der Waals surface area contributed by atoms with Crippen molar-refractivity contribution in [3.63, 3.8) is 0 Å². The molecule has 0 saturated heterocycles. The molecule has 0 spiro atoms. The van der Waals surface area contributed by atoms with E-state index in [0.29, 0.717) is 6.54 Å². The molecule has 0 aliphatic rings. The van der Waals surface area contributed by atoms with Gasteiger partial charge in [0.05, 0.1) is 0 Å². The van der Waals surface area contributed by atoms with Gasteiger partial charge in [-0.2, -0.15) is 15.0 Å². The maximum Gasteiger partial charge on any atom is 0.117 e. The van der Waals surface area contributed by atoms with Crippen LogP contribution < -0.4 is 5.32 Å². The summed E-state index contributed by atoms with van der Waals surface area (Å²) in [6.45, 7) is 2.85. The van der Waals surface area contributed by atoms with Gasteiger partial charge >= 0.3 is 0 Å². The molecule has 3 rings (SSSR count). The van der Waals surface area contributed by atoms with E-state index in [1.54, 1.807) is 4.80 Å². The first-order chi connectivity index (χ1) is 10.7. The third-order valence-electron chi connectivity index (χ3n) is 3.71. The van der Waals surface area contributed by atoms with Crippen molar-refractivity contribution in [2.45, 2.75) is 19.5 Å². The highest BCUT2D eigenvalue weighted by Gasteiger charge is 2.13. The van der Waals surface area contributed by atoms with E-state index < -0.39 is 0 Å². The van der Waals surface area contributed by atoms with Crippen LogP contribution in [-0.4, -0.2) is 15.0 Å². The second-order valence-corrected chi connectivity index (χ2v) is 5.36. The highest BCUT2D eigenvalue weighted by atomic mass is 15.5. The van der Waals surface area contributed by atoms with Crippen LogP contribution in [0.4, 0.5) is 0 Å². The smallest absolute Gasteiger partial charge is 0.117 e. The normalized spacial score (nSPS) is 12.3. The lowest BCUT2D eigenvalue weighted by Crippen LogP contribution is -2.18. The first kappa shape index (κ1) is 14.5. The average Bonchev–Trinajstić information content (AvgIpc) is 2.95. The molecule has 4 heteroatoms. The summed E-state index contributed by atoms with van der Waals surface area (Å²) < 4.78 is 0. The molecule has 0 aliphatic carbocycles. The van der Waals surface area contributed by atoms with Gasteiger partial charge in [0.1, 0.15) is 11.4 Å². The van der Waals surface area contributed by atoms with Gasteiger partial charge in [0.2, 0.25) is 0 Å². The lowest BCUT2D eigenvalue weighted by molar-refractivity contribution is 0.558. The first-order valence-electron chi connectivity index (χ1n) is 7.48. The van der Waals surface area contributed by atoms with Gasteiger partial charge in [0, 0.05) is 25.2 Å². The van der Waals surface area contributed by atoms with Gasteiger partial charge < -0.3 is 5.32 Å². The van der Waals surface area contributed by atoms with Crippen LogP contribution in [0, 0.1) is 0 Å². The summed E-state index contributed by atoms with van der Waals surface area (Å²) in [5.74, 6) is 0. The molecule has 4 nitrogen and oxygen atoms in total. The summed E-state index contributed by atoms with van der Waals surface area (Å²) in [7, 11) is 1.86. The maximum atomic E-state index is 4.50. The quantitative estimate of drug-likeness (QED) is 0.784. The van der Waals surface area contributed by atoms with Gasteiger partial charge in [-0.25, -0.2) is 0 Å². The summed E-state index contributed by atoms with van der Waals surface area (Å²) in [4.78, 5) is 1.63. The molecule has 1 aromatic heterocycles. The Bertz CT molecular complexity index is 719. The zero-order valence-corrected chi connectivity index (χ0v) is 12.9. The van der Waals surface area contributed by atoms with E-state index in [1.165, 1.54) is 5.56 Å². The van der Waals surface area contributed by atoms with E-state index in [-0.39, 0.29) is 6.04 Å². The fourth-order valence-corrected chi connectivity index (χ4v) is 2.50. The number of rotatable bonds is 5. The molecule has 0 fully saturated rings. The topological polar surface area (TPSA) is 42.7 Å². The van der Waals surface area contributed by atoms with E-state index in [4.69, 9.17) is 0 Å². The summed E-state index contributed by atoms with van der Waals surface area (Å²) >= 11 is 0. The summed E-state index contributed by atoms with van der Waals surface area (Å²) in [6, 6.07) is 20.9. The molecule has 1 N–H and O–H groups in total. The summed E-state index contributed by atoms with van der Waals surface area (Å²) in [6.07, 6.45) is 0. The lowest BCUT2D eigenvalue weighted by atomic mass is 10.1. The maximum absolute atomic E-state index is 4.50. The zero-order valence-electron chi connectivity index (χ0n) is 12.9. The van der Waals surface area contributed by atoms with Gasteiger partial charge in [-0.05, 0) is 12.5 Å². The van der Waals surface area contributed by atoms with Crippen LogP contribution in [0.5, 0.6) is 0 Å². The molecule has 0 aliphatic heterocycles. The van der Waals surface area contributed by atoms with Crippen molar-refractivity contribution < 1.29 is 0 Å². The Morgan fingerprint density at radius 2 is 1.59 bits per heavy atom. The summed E-state index contributed by atoms with van der Waals surface area (Å²) in [5.41, 5.74) is 4.28. The highest BCUT2D eigenvalue weighted by molar-refractivity contribution is 5.60. The second-order valence-electron chi connectivity index (χ2n) is 5.36. The van der Waals surface area contributed by atoms with Crippen molar-refractivity contribution in [2.24, 2.45) is 7.05 Å². The van der Waals surface area contributed by atoms with Crippen LogP contribution in [0.15, 0.2) is 60.7 Å². The molecule has 0 bridgehead atoms. The van der Waals surface area contributed by atoms with Gasteiger partial charge in [-0.1, -0.05) is 60.7 Å². The van der Waals surface area contributed by atoms with E-state index in [0.717, 1.165) is 17.0 Å². The standard InChI is InChI=1S/C18H20N4/c1-14(15-9-5-3-6-10-15)19-13-17-18(21-22(2)20-17)16-11-7-4-8-12-16/h3-12,14,19H,13H2,1-2H3/t14-/m1/s1. The lowest BCUT2D eigenvalue weighted by Gasteiger charge is -2.13. The Hall–Kier alpha value is -2.46. The Morgan fingerprint density at radius 3 is 2.27 bits per heavy atom. The van der Waals surface area contributed by atoms with Gasteiger partial charge in [0.15, 0.2) is 0 Å². The van der Waals surface area contributed by atoms with Crippen LogP contribution in [0.2, 0.25) is 0 Å². The molecule has 0 radical (unpaired) electrons. The minimum Gasteiger partial charge on any atom is -0.304 e. The van der Waals surface area contributed by atoms with Crippen molar-refractivity contribution in [3.05, 3.63) is 71.9 Å². The SMILES string of the molecule is C[C@@H](NCc1nn(C)nc1-c1ccccc1)c1ccccc1. The van der Waals surface area contributed by atoms with E-state index in [2.05, 4.69) is 58.8 Å². The minimum absolute atomic E-state index is 0.270. The molecular formula is C18H20N4. The van der Waals surface area contributed by atoms with Gasteiger partial charge in [-0.3, -0.25) is 0 Å². The van der Waals surface area contributed by atoms with E-state index in [9.17, 15) is 0 Å². The molecule has 0 amide bonds. The Labute approximate surface area is 130 Å². The molecule has 1 heterocycles. The minimum atomic E-state index is 0.270. The number of nitrogens with one attached hydrogen (secondary N) is 1. The predicted octanol–water partition coefficient (Wildman–Crippen LogP) is 3.33. The van der Waals surface area contributed by atoms with E-state index in [1.807, 2.05) is 31.3 Å². The van der Waals surface area contributed by atoms with E-state index >= 15 is 0 Å². The average molecular weight is 292 g/mol. The van der Waals surface area contributed by atoms with Crippen molar-refractivity contribution in [1.82, 2.24) is 20.3 Å². The molecule has 2 aromatic carbocycles.